The lowest BCUT2D eigenvalue weighted by Gasteiger charge is -2.32. The van der Waals surface area contributed by atoms with Crippen molar-refractivity contribution in [2.24, 2.45) is 0 Å². The summed E-state index contributed by atoms with van der Waals surface area (Å²) < 4.78 is 4.95. The first kappa shape index (κ1) is 17.3. The topological polar surface area (TPSA) is 80.2 Å². The number of aromatic nitrogens is 3. The van der Waals surface area contributed by atoms with E-state index in [9.17, 15) is 4.79 Å². The number of piperidine rings is 1. The first-order valence-corrected chi connectivity index (χ1v) is 8.45. The van der Waals surface area contributed by atoms with Gasteiger partial charge in [-0.15, -0.1) is 0 Å². The minimum atomic E-state index is 0.0315. The van der Waals surface area contributed by atoms with Crippen LogP contribution in [0.4, 0.5) is 11.6 Å². The molecule has 0 aromatic carbocycles. The van der Waals surface area contributed by atoms with E-state index in [2.05, 4.69) is 20.3 Å². The van der Waals surface area contributed by atoms with E-state index < -0.39 is 0 Å². The van der Waals surface area contributed by atoms with Gasteiger partial charge in [-0.25, -0.2) is 9.97 Å². The lowest BCUT2D eigenvalue weighted by Crippen LogP contribution is -2.41. The van der Waals surface area contributed by atoms with Crippen LogP contribution in [0.3, 0.4) is 0 Å². The van der Waals surface area contributed by atoms with E-state index in [0.29, 0.717) is 12.4 Å². The van der Waals surface area contributed by atoms with Gasteiger partial charge in [0, 0.05) is 31.8 Å². The predicted octanol–water partition coefficient (Wildman–Crippen LogP) is 2.28. The summed E-state index contributed by atoms with van der Waals surface area (Å²) in [5.41, 5.74) is 1.86. The Morgan fingerprint density at radius 1 is 1.32 bits per heavy atom. The zero-order valence-electron chi connectivity index (χ0n) is 14.6. The number of hydrogen-bond acceptors (Lipinski definition) is 6. The number of ether oxygens (including phenoxy) is 1. The molecule has 7 nitrogen and oxygen atoms in total. The summed E-state index contributed by atoms with van der Waals surface area (Å²) in [4.78, 5) is 27.2. The Balaban J connectivity index is 1.64. The maximum Gasteiger partial charge on any atom is 0.248 e. The minimum absolute atomic E-state index is 0.0315. The van der Waals surface area contributed by atoms with Gasteiger partial charge in [0.25, 0.3) is 0 Å². The Morgan fingerprint density at radius 2 is 2.20 bits per heavy atom. The SMILES string of the molecule is COCC(=O)N1CCCC(c2cnc(Nc3cccc(C)n3)cn2)C1. The maximum atomic E-state index is 12.0. The molecule has 1 saturated heterocycles. The number of amides is 1. The molecule has 1 N–H and O–H groups in total. The maximum absolute atomic E-state index is 12.0. The van der Waals surface area contributed by atoms with Crippen molar-refractivity contribution in [1.29, 1.82) is 0 Å². The Morgan fingerprint density at radius 3 is 2.92 bits per heavy atom. The van der Waals surface area contributed by atoms with Crippen LogP contribution in [-0.4, -0.2) is 52.6 Å². The molecule has 1 aliphatic rings. The number of nitrogens with one attached hydrogen (secondary N) is 1. The summed E-state index contributed by atoms with van der Waals surface area (Å²) >= 11 is 0. The van der Waals surface area contributed by atoms with Crippen LogP contribution in [0.15, 0.2) is 30.6 Å². The zero-order valence-corrected chi connectivity index (χ0v) is 14.6. The molecule has 0 aliphatic carbocycles. The fraction of sp³-hybridized carbons (Fsp3) is 0.444. The summed E-state index contributed by atoms with van der Waals surface area (Å²) in [5.74, 6) is 1.65. The van der Waals surface area contributed by atoms with Crippen LogP contribution in [0, 0.1) is 6.92 Å². The third kappa shape index (κ3) is 4.51. The third-order valence-corrected chi connectivity index (χ3v) is 4.28. The highest BCUT2D eigenvalue weighted by Crippen LogP contribution is 2.25. The normalized spacial score (nSPS) is 17.4. The fourth-order valence-electron chi connectivity index (χ4n) is 3.02. The van der Waals surface area contributed by atoms with E-state index in [1.54, 1.807) is 19.5 Å². The number of hydrogen-bond donors (Lipinski definition) is 1. The minimum Gasteiger partial charge on any atom is -0.375 e. The summed E-state index contributed by atoms with van der Waals surface area (Å²) in [5, 5.41) is 3.15. The van der Waals surface area contributed by atoms with Gasteiger partial charge in [-0.05, 0) is 31.9 Å². The molecular weight excluding hydrogens is 318 g/mol. The lowest BCUT2D eigenvalue weighted by atomic mass is 9.95. The molecule has 0 radical (unpaired) electrons. The van der Waals surface area contributed by atoms with Crippen LogP contribution in [0.2, 0.25) is 0 Å². The molecular formula is C18H23N5O2. The van der Waals surface area contributed by atoms with Crippen molar-refractivity contribution < 1.29 is 9.53 Å². The van der Waals surface area contributed by atoms with Crippen LogP contribution in [0.1, 0.15) is 30.1 Å². The molecule has 0 saturated carbocycles. The van der Waals surface area contributed by atoms with Gasteiger partial charge in [-0.3, -0.25) is 9.78 Å². The quantitative estimate of drug-likeness (QED) is 0.899. The van der Waals surface area contributed by atoms with Crippen molar-refractivity contribution in [3.8, 4) is 0 Å². The van der Waals surface area contributed by atoms with Gasteiger partial charge in [-0.2, -0.15) is 0 Å². The van der Waals surface area contributed by atoms with Gasteiger partial charge in [0.2, 0.25) is 5.91 Å². The van der Waals surface area contributed by atoms with E-state index in [1.165, 1.54) is 0 Å². The van der Waals surface area contributed by atoms with Crippen LogP contribution in [0.5, 0.6) is 0 Å². The Kier molecular flexibility index (Phi) is 5.55. The van der Waals surface area contributed by atoms with Crippen LogP contribution >= 0.6 is 0 Å². The van der Waals surface area contributed by atoms with Crippen molar-refractivity contribution in [1.82, 2.24) is 19.9 Å². The molecule has 1 amide bonds. The average Bonchev–Trinajstić information content (AvgIpc) is 2.63. The number of rotatable bonds is 5. The highest BCUT2D eigenvalue weighted by molar-refractivity contribution is 5.77. The van der Waals surface area contributed by atoms with E-state index >= 15 is 0 Å². The van der Waals surface area contributed by atoms with Gasteiger partial charge in [-0.1, -0.05) is 6.07 Å². The van der Waals surface area contributed by atoms with Crippen LogP contribution < -0.4 is 5.32 Å². The lowest BCUT2D eigenvalue weighted by molar-refractivity contribution is -0.136. The van der Waals surface area contributed by atoms with Crippen LogP contribution in [0.25, 0.3) is 0 Å². The number of nitrogens with zero attached hydrogens (tertiary/aromatic N) is 4. The summed E-state index contributed by atoms with van der Waals surface area (Å²) in [6.07, 6.45) is 5.48. The number of aryl methyl sites for hydroxylation is 1. The second kappa shape index (κ2) is 8.02. The number of methoxy groups -OCH3 is 1. The van der Waals surface area contributed by atoms with Gasteiger partial charge in [0.15, 0.2) is 0 Å². The monoisotopic (exact) mass is 341 g/mol. The van der Waals surface area contributed by atoms with E-state index in [4.69, 9.17) is 4.74 Å². The van der Waals surface area contributed by atoms with Gasteiger partial charge in [0.05, 0.1) is 18.1 Å². The molecule has 1 atom stereocenters. The summed E-state index contributed by atoms with van der Waals surface area (Å²) in [6, 6.07) is 5.78. The van der Waals surface area contributed by atoms with Crippen molar-refractivity contribution in [3.05, 3.63) is 42.0 Å². The van der Waals surface area contributed by atoms with Gasteiger partial charge >= 0.3 is 0 Å². The van der Waals surface area contributed by atoms with Crippen LogP contribution in [-0.2, 0) is 9.53 Å². The van der Waals surface area contributed by atoms with Crippen molar-refractivity contribution >= 4 is 17.5 Å². The van der Waals surface area contributed by atoms with E-state index in [1.807, 2.05) is 30.0 Å². The molecule has 1 aliphatic heterocycles. The molecule has 7 heteroatoms. The molecule has 2 aromatic rings. The molecule has 25 heavy (non-hydrogen) atoms. The number of carbonyl (C=O) groups excluding carboxylic acids is 1. The van der Waals surface area contributed by atoms with Crippen molar-refractivity contribution in [3.63, 3.8) is 0 Å². The van der Waals surface area contributed by atoms with E-state index in [0.717, 1.165) is 36.6 Å². The molecule has 0 spiro atoms. The molecule has 2 aromatic heterocycles. The highest BCUT2D eigenvalue weighted by Gasteiger charge is 2.25. The largest absolute Gasteiger partial charge is 0.375 e. The fourth-order valence-corrected chi connectivity index (χ4v) is 3.02. The Bertz CT molecular complexity index is 720. The number of pyridine rings is 1. The molecule has 1 fully saturated rings. The first-order valence-electron chi connectivity index (χ1n) is 8.45. The molecule has 1 unspecified atom stereocenters. The van der Waals surface area contributed by atoms with Gasteiger partial charge < -0.3 is 15.0 Å². The molecule has 132 valence electrons. The second-order valence-electron chi connectivity index (χ2n) is 6.23. The van der Waals surface area contributed by atoms with Gasteiger partial charge in [0.1, 0.15) is 18.2 Å². The zero-order chi connectivity index (χ0) is 17.6. The van der Waals surface area contributed by atoms with Crippen molar-refractivity contribution in [2.75, 3.05) is 32.1 Å². The highest BCUT2D eigenvalue weighted by atomic mass is 16.5. The number of anilines is 2. The summed E-state index contributed by atoms with van der Waals surface area (Å²) in [7, 11) is 1.54. The molecule has 3 rings (SSSR count). The average molecular weight is 341 g/mol. The first-order chi connectivity index (χ1) is 12.2. The molecule has 0 bridgehead atoms. The smallest absolute Gasteiger partial charge is 0.248 e. The van der Waals surface area contributed by atoms with E-state index in [-0.39, 0.29) is 18.4 Å². The standard InChI is InChI=1S/C18H23N5O2/c1-13-5-3-7-16(21-13)22-17-10-19-15(9-20-17)14-6-4-8-23(11-14)18(24)12-25-2/h3,5,7,9-10,14H,4,6,8,11-12H2,1-2H3,(H,20,21,22). The Labute approximate surface area is 147 Å². The van der Waals surface area contributed by atoms with Crippen molar-refractivity contribution in [2.45, 2.75) is 25.7 Å². The number of likely N-dealkylation sites (tertiary alicyclic amines) is 1. The summed E-state index contributed by atoms with van der Waals surface area (Å²) in [6.45, 7) is 3.53. The number of carbonyl (C=O) groups is 1. The third-order valence-electron chi connectivity index (χ3n) is 4.28. The molecule has 3 heterocycles. The second-order valence-corrected chi connectivity index (χ2v) is 6.23. The Hall–Kier alpha value is -2.54. The predicted molar refractivity (Wildman–Crippen MR) is 94.7 cm³/mol.